The fourth-order valence-corrected chi connectivity index (χ4v) is 3.57. The van der Waals surface area contributed by atoms with Crippen LogP contribution < -0.4 is 0 Å². The second kappa shape index (κ2) is 5.25. The lowest BCUT2D eigenvalue weighted by atomic mass is 10.1. The Kier molecular flexibility index (Phi) is 3.63. The van der Waals surface area contributed by atoms with Crippen LogP contribution in [0.3, 0.4) is 0 Å². The van der Waals surface area contributed by atoms with Gasteiger partial charge < -0.3 is 9.67 Å². The van der Waals surface area contributed by atoms with Gasteiger partial charge in [-0.3, -0.25) is 4.90 Å². The number of fused-ring (bicyclic) bond motifs is 1. The van der Waals surface area contributed by atoms with E-state index in [2.05, 4.69) is 29.5 Å². The quantitative estimate of drug-likeness (QED) is 0.900. The highest BCUT2D eigenvalue weighted by atomic mass is 16.3. The standard InChI is InChI=1S/C15H25N3O/c1-11(2)18-6-3-4-13(18)8-12-10-17-7-5-14(19)9-15(17)16-12/h10-11,13-14,19H,3-9H2,1-2H3. The number of likely N-dealkylation sites (tertiary alicyclic amines) is 1. The van der Waals surface area contributed by atoms with Crippen molar-refractivity contribution >= 4 is 0 Å². The SMILES string of the molecule is CC(C)N1CCCC1Cc1cn2c(n1)CC(O)CC2. The molecule has 1 N–H and O–H groups in total. The van der Waals surface area contributed by atoms with Crippen LogP contribution in [0.15, 0.2) is 6.20 Å². The number of hydrogen-bond acceptors (Lipinski definition) is 3. The minimum atomic E-state index is -0.193. The molecule has 0 radical (unpaired) electrons. The third-order valence-electron chi connectivity index (χ3n) is 4.56. The molecule has 4 heteroatoms. The molecule has 0 bridgehead atoms. The highest BCUT2D eigenvalue weighted by Crippen LogP contribution is 2.24. The van der Waals surface area contributed by atoms with Gasteiger partial charge in [-0.15, -0.1) is 0 Å². The zero-order chi connectivity index (χ0) is 13.4. The van der Waals surface area contributed by atoms with Gasteiger partial charge in [-0.25, -0.2) is 4.98 Å². The summed E-state index contributed by atoms with van der Waals surface area (Å²) in [5, 5.41) is 9.70. The number of imidazole rings is 1. The van der Waals surface area contributed by atoms with Gasteiger partial charge in [0.15, 0.2) is 0 Å². The van der Waals surface area contributed by atoms with Crippen LogP contribution in [0.1, 0.15) is 44.6 Å². The second-order valence-electron chi connectivity index (χ2n) is 6.32. The topological polar surface area (TPSA) is 41.3 Å². The van der Waals surface area contributed by atoms with Crippen molar-refractivity contribution in [2.45, 2.75) is 70.7 Å². The number of rotatable bonds is 3. The minimum absolute atomic E-state index is 0.193. The molecule has 2 unspecified atom stereocenters. The average molecular weight is 263 g/mol. The molecule has 0 aliphatic carbocycles. The molecule has 0 amide bonds. The zero-order valence-corrected chi connectivity index (χ0v) is 12.0. The van der Waals surface area contributed by atoms with E-state index in [4.69, 9.17) is 4.98 Å². The molecule has 1 fully saturated rings. The molecule has 1 aromatic rings. The maximum absolute atomic E-state index is 9.70. The van der Waals surface area contributed by atoms with E-state index in [0.29, 0.717) is 12.1 Å². The summed E-state index contributed by atoms with van der Waals surface area (Å²) in [5.41, 5.74) is 1.21. The lowest BCUT2D eigenvalue weighted by Gasteiger charge is -2.27. The molecule has 1 saturated heterocycles. The van der Waals surface area contributed by atoms with Crippen LogP contribution >= 0.6 is 0 Å². The predicted octanol–water partition coefficient (Wildman–Crippen LogP) is 1.61. The molecule has 1 aromatic heterocycles. The van der Waals surface area contributed by atoms with Crippen LogP contribution in [0, 0.1) is 0 Å². The molecule has 19 heavy (non-hydrogen) atoms. The third-order valence-corrected chi connectivity index (χ3v) is 4.56. The van der Waals surface area contributed by atoms with E-state index in [1.165, 1.54) is 25.1 Å². The summed E-state index contributed by atoms with van der Waals surface area (Å²) < 4.78 is 2.23. The Morgan fingerprint density at radius 3 is 3.00 bits per heavy atom. The zero-order valence-electron chi connectivity index (χ0n) is 12.0. The Labute approximate surface area is 115 Å². The fraction of sp³-hybridized carbons (Fsp3) is 0.800. The molecule has 3 heterocycles. The van der Waals surface area contributed by atoms with Crippen molar-refractivity contribution in [3.63, 3.8) is 0 Å². The van der Waals surface area contributed by atoms with Crippen LogP contribution in [0.5, 0.6) is 0 Å². The van der Waals surface area contributed by atoms with Gasteiger partial charge in [0.1, 0.15) is 5.82 Å². The molecule has 2 aliphatic rings. The first-order valence-electron chi connectivity index (χ1n) is 7.62. The smallest absolute Gasteiger partial charge is 0.111 e. The highest BCUT2D eigenvalue weighted by molar-refractivity contribution is 5.09. The largest absolute Gasteiger partial charge is 0.393 e. The summed E-state index contributed by atoms with van der Waals surface area (Å²) >= 11 is 0. The van der Waals surface area contributed by atoms with Gasteiger partial charge >= 0.3 is 0 Å². The third kappa shape index (κ3) is 2.70. The van der Waals surface area contributed by atoms with E-state index in [1.807, 2.05) is 0 Å². The first-order valence-corrected chi connectivity index (χ1v) is 7.62. The summed E-state index contributed by atoms with van der Waals surface area (Å²) in [6, 6.07) is 1.29. The first kappa shape index (κ1) is 13.1. The van der Waals surface area contributed by atoms with Gasteiger partial charge in [0, 0.05) is 37.7 Å². The van der Waals surface area contributed by atoms with Crippen LogP contribution in [-0.2, 0) is 19.4 Å². The Morgan fingerprint density at radius 1 is 1.37 bits per heavy atom. The van der Waals surface area contributed by atoms with Crippen molar-refractivity contribution in [2.24, 2.45) is 0 Å². The van der Waals surface area contributed by atoms with Gasteiger partial charge in [0.2, 0.25) is 0 Å². The molecule has 0 aromatic carbocycles. The second-order valence-corrected chi connectivity index (χ2v) is 6.32. The number of aryl methyl sites for hydroxylation is 1. The molecular weight excluding hydrogens is 238 g/mol. The Bertz CT molecular complexity index is 441. The van der Waals surface area contributed by atoms with E-state index in [9.17, 15) is 5.11 Å². The summed E-state index contributed by atoms with van der Waals surface area (Å²) in [5.74, 6) is 1.07. The number of aromatic nitrogens is 2. The van der Waals surface area contributed by atoms with Gasteiger partial charge in [-0.1, -0.05) is 0 Å². The molecular formula is C15H25N3O. The predicted molar refractivity (Wildman–Crippen MR) is 75.1 cm³/mol. The Morgan fingerprint density at radius 2 is 2.21 bits per heavy atom. The molecule has 3 rings (SSSR count). The van der Waals surface area contributed by atoms with Crippen molar-refractivity contribution in [3.8, 4) is 0 Å². The summed E-state index contributed by atoms with van der Waals surface area (Å²) in [7, 11) is 0. The Balaban J connectivity index is 1.70. The van der Waals surface area contributed by atoms with Gasteiger partial charge in [-0.05, 0) is 39.7 Å². The van der Waals surface area contributed by atoms with E-state index < -0.39 is 0 Å². The van der Waals surface area contributed by atoms with Gasteiger partial charge in [0.25, 0.3) is 0 Å². The van der Waals surface area contributed by atoms with Crippen LogP contribution in [-0.4, -0.2) is 44.3 Å². The van der Waals surface area contributed by atoms with Crippen LogP contribution in [0.25, 0.3) is 0 Å². The molecule has 106 valence electrons. The molecule has 2 atom stereocenters. The maximum atomic E-state index is 9.70. The Hall–Kier alpha value is -0.870. The fourth-order valence-electron chi connectivity index (χ4n) is 3.57. The molecule has 4 nitrogen and oxygen atoms in total. The molecule has 0 saturated carbocycles. The van der Waals surface area contributed by atoms with Crippen molar-refractivity contribution in [1.82, 2.24) is 14.5 Å². The average Bonchev–Trinajstić information content (AvgIpc) is 2.95. The number of aliphatic hydroxyl groups is 1. The van der Waals surface area contributed by atoms with Crippen molar-refractivity contribution in [2.75, 3.05) is 6.54 Å². The molecule has 0 spiro atoms. The summed E-state index contributed by atoms with van der Waals surface area (Å²) in [6.45, 7) is 6.72. The van der Waals surface area contributed by atoms with Crippen LogP contribution in [0.4, 0.5) is 0 Å². The van der Waals surface area contributed by atoms with E-state index in [1.54, 1.807) is 0 Å². The number of hydrogen-bond donors (Lipinski definition) is 1. The van der Waals surface area contributed by atoms with Gasteiger partial charge in [0.05, 0.1) is 11.8 Å². The lowest BCUT2D eigenvalue weighted by molar-refractivity contribution is 0.141. The van der Waals surface area contributed by atoms with Crippen molar-refractivity contribution in [3.05, 3.63) is 17.7 Å². The van der Waals surface area contributed by atoms with E-state index in [0.717, 1.165) is 31.6 Å². The summed E-state index contributed by atoms with van der Waals surface area (Å²) in [6.07, 6.45) is 7.27. The normalized spacial score (nSPS) is 28.0. The lowest BCUT2D eigenvalue weighted by Crippen LogP contribution is -2.36. The maximum Gasteiger partial charge on any atom is 0.111 e. The highest BCUT2D eigenvalue weighted by Gasteiger charge is 2.28. The number of aliphatic hydroxyl groups excluding tert-OH is 1. The monoisotopic (exact) mass is 263 g/mol. The summed E-state index contributed by atoms with van der Waals surface area (Å²) in [4.78, 5) is 7.34. The van der Waals surface area contributed by atoms with Crippen LogP contribution in [0.2, 0.25) is 0 Å². The van der Waals surface area contributed by atoms with E-state index in [-0.39, 0.29) is 6.10 Å². The van der Waals surface area contributed by atoms with Crippen molar-refractivity contribution < 1.29 is 5.11 Å². The number of nitrogens with zero attached hydrogens (tertiary/aromatic N) is 3. The molecule has 2 aliphatic heterocycles. The minimum Gasteiger partial charge on any atom is -0.393 e. The first-order chi connectivity index (χ1) is 9.13. The van der Waals surface area contributed by atoms with E-state index >= 15 is 0 Å². The van der Waals surface area contributed by atoms with Gasteiger partial charge in [-0.2, -0.15) is 0 Å². The van der Waals surface area contributed by atoms with Crippen molar-refractivity contribution in [1.29, 1.82) is 0 Å².